The molecule has 0 radical (unpaired) electrons. The molecule has 1 saturated heterocycles. The topological polar surface area (TPSA) is 23.6 Å². The lowest BCUT2D eigenvalue weighted by Crippen LogP contribution is -2.43. The Kier molecular flexibility index (Phi) is 6.74. The fraction of sp³-hybridized carbons (Fsp3) is 0.381. The van der Waals surface area contributed by atoms with Crippen molar-refractivity contribution in [2.75, 3.05) is 20.1 Å². The highest BCUT2D eigenvalue weighted by Gasteiger charge is 2.28. The van der Waals surface area contributed by atoms with Crippen molar-refractivity contribution in [2.45, 2.75) is 25.9 Å². The van der Waals surface area contributed by atoms with E-state index in [1.807, 2.05) is 18.2 Å². The van der Waals surface area contributed by atoms with Gasteiger partial charge in [-0.15, -0.1) is 0 Å². The first-order valence-corrected chi connectivity index (χ1v) is 9.85. The smallest absolute Gasteiger partial charge is 0.227 e. The summed E-state index contributed by atoms with van der Waals surface area (Å²) in [4.78, 5) is 16.7. The van der Waals surface area contributed by atoms with Gasteiger partial charge in [0.05, 0.1) is 5.92 Å². The molecule has 144 valence electrons. The summed E-state index contributed by atoms with van der Waals surface area (Å²) in [5.41, 5.74) is 1.43. The second-order valence-corrected chi connectivity index (χ2v) is 7.87. The predicted octanol–water partition coefficient (Wildman–Crippen LogP) is 5.00. The Bertz CT molecular complexity index is 794. The van der Waals surface area contributed by atoms with Gasteiger partial charge < -0.3 is 4.90 Å². The molecule has 2 aromatic carbocycles. The van der Waals surface area contributed by atoms with E-state index < -0.39 is 0 Å². The van der Waals surface area contributed by atoms with E-state index in [-0.39, 0.29) is 24.2 Å². The van der Waals surface area contributed by atoms with Crippen molar-refractivity contribution in [1.29, 1.82) is 0 Å². The van der Waals surface area contributed by atoms with Gasteiger partial charge in [0.1, 0.15) is 5.82 Å². The molecule has 1 amide bonds. The van der Waals surface area contributed by atoms with E-state index >= 15 is 0 Å². The van der Waals surface area contributed by atoms with Crippen LogP contribution in [0.15, 0.2) is 42.5 Å². The Balaban J connectivity index is 1.63. The highest BCUT2D eigenvalue weighted by molar-refractivity contribution is 6.35. The van der Waals surface area contributed by atoms with Crippen LogP contribution in [0.4, 0.5) is 4.39 Å². The molecule has 1 atom stereocenters. The number of piperidine rings is 1. The summed E-state index contributed by atoms with van der Waals surface area (Å²) < 4.78 is 13.9. The highest BCUT2D eigenvalue weighted by Crippen LogP contribution is 2.28. The van der Waals surface area contributed by atoms with Gasteiger partial charge in [-0.1, -0.05) is 47.5 Å². The van der Waals surface area contributed by atoms with E-state index in [0.717, 1.165) is 24.9 Å². The maximum Gasteiger partial charge on any atom is 0.227 e. The summed E-state index contributed by atoms with van der Waals surface area (Å²) in [6, 6.07) is 12.1. The van der Waals surface area contributed by atoms with Gasteiger partial charge in [-0.25, -0.2) is 4.39 Å². The Morgan fingerprint density at radius 2 is 1.89 bits per heavy atom. The standard InChI is InChI=1S/C21H23Cl2FN2O/c1-25(12-15-6-2-3-10-20(15)24)21(27)16-7-5-11-26(13-16)14-17-18(22)8-4-9-19(17)23/h2-4,6,8-10,16H,5,7,11-14H2,1H3. The van der Waals surface area contributed by atoms with Crippen molar-refractivity contribution in [3.63, 3.8) is 0 Å². The number of nitrogens with zero attached hydrogens (tertiary/aromatic N) is 2. The minimum atomic E-state index is -0.282. The number of carbonyl (C=O) groups excluding carboxylic acids is 1. The van der Waals surface area contributed by atoms with E-state index in [4.69, 9.17) is 23.2 Å². The van der Waals surface area contributed by atoms with Crippen LogP contribution in [0.5, 0.6) is 0 Å². The van der Waals surface area contributed by atoms with E-state index in [9.17, 15) is 9.18 Å². The second kappa shape index (κ2) is 9.05. The number of rotatable bonds is 5. The van der Waals surface area contributed by atoms with Crippen LogP contribution in [-0.2, 0) is 17.9 Å². The third kappa shape index (κ3) is 5.01. The maximum atomic E-state index is 13.9. The number of likely N-dealkylation sites (tertiary alicyclic amines) is 1. The number of benzene rings is 2. The molecule has 27 heavy (non-hydrogen) atoms. The molecule has 3 rings (SSSR count). The van der Waals surface area contributed by atoms with Crippen molar-refractivity contribution in [3.8, 4) is 0 Å². The molecular formula is C21H23Cl2FN2O. The molecule has 6 heteroatoms. The molecule has 0 aromatic heterocycles. The number of carbonyl (C=O) groups is 1. The first-order chi connectivity index (χ1) is 13.0. The van der Waals surface area contributed by atoms with E-state index in [2.05, 4.69) is 4.90 Å². The molecule has 3 nitrogen and oxygen atoms in total. The van der Waals surface area contributed by atoms with Crippen LogP contribution in [0.3, 0.4) is 0 Å². The van der Waals surface area contributed by atoms with Crippen LogP contribution in [0, 0.1) is 11.7 Å². The summed E-state index contributed by atoms with van der Waals surface area (Å²) in [7, 11) is 1.73. The normalized spacial score (nSPS) is 17.7. The summed E-state index contributed by atoms with van der Waals surface area (Å²) in [6.45, 7) is 2.46. The molecule has 1 aliphatic heterocycles. The third-order valence-corrected chi connectivity index (χ3v) is 5.75. The van der Waals surface area contributed by atoms with Gasteiger partial charge in [-0.2, -0.15) is 0 Å². The van der Waals surface area contributed by atoms with E-state index in [0.29, 0.717) is 28.7 Å². The fourth-order valence-electron chi connectivity index (χ4n) is 3.58. The number of hydrogen-bond acceptors (Lipinski definition) is 2. The van der Waals surface area contributed by atoms with Crippen LogP contribution >= 0.6 is 23.2 Å². The molecule has 1 unspecified atom stereocenters. The molecule has 0 bridgehead atoms. The fourth-order valence-corrected chi connectivity index (χ4v) is 4.10. The predicted molar refractivity (Wildman–Crippen MR) is 107 cm³/mol. The van der Waals surface area contributed by atoms with Gasteiger partial charge >= 0.3 is 0 Å². The molecule has 1 heterocycles. The molecule has 2 aromatic rings. The van der Waals surface area contributed by atoms with Gasteiger partial charge in [-0.3, -0.25) is 9.69 Å². The van der Waals surface area contributed by atoms with Gasteiger partial charge in [0.2, 0.25) is 5.91 Å². The molecule has 0 spiro atoms. The first kappa shape index (κ1) is 20.1. The lowest BCUT2D eigenvalue weighted by atomic mass is 9.96. The molecule has 0 aliphatic carbocycles. The van der Waals surface area contributed by atoms with Crippen LogP contribution < -0.4 is 0 Å². The highest BCUT2D eigenvalue weighted by atomic mass is 35.5. The molecule has 0 N–H and O–H groups in total. The third-order valence-electron chi connectivity index (χ3n) is 5.04. The minimum absolute atomic E-state index is 0.0493. The minimum Gasteiger partial charge on any atom is -0.341 e. The summed E-state index contributed by atoms with van der Waals surface area (Å²) >= 11 is 12.6. The Morgan fingerprint density at radius 3 is 2.59 bits per heavy atom. The second-order valence-electron chi connectivity index (χ2n) is 7.06. The van der Waals surface area contributed by atoms with Crippen molar-refractivity contribution in [3.05, 3.63) is 69.5 Å². The van der Waals surface area contributed by atoms with Crippen LogP contribution in [-0.4, -0.2) is 35.8 Å². The van der Waals surface area contributed by atoms with E-state index in [1.165, 1.54) is 6.07 Å². The van der Waals surface area contributed by atoms with Crippen molar-refractivity contribution < 1.29 is 9.18 Å². The molecular weight excluding hydrogens is 386 g/mol. The average Bonchev–Trinajstić information content (AvgIpc) is 2.66. The average molecular weight is 409 g/mol. The Hall–Kier alpha value is -1.62. The maximum absolute atomic E-state index is 13.9. The molecule has 1 fully saturated rings. The zero-order chi connectivity index (χ0) is 19.4. The molecule has 1 aliphatic rings. The SMILES string of the molecule is CN(Cc1ccccc1F)C(=O)C1CCCN(Cc2c(Cl)cccc2Cl)C1. The quantitative estimate of drug-likeness (QED) is 0.694. The summed E-state index contributed by atoms with van der Waals surface area (Å²) in [5, 5.41) is 1.29. The Labute approximate surface area is 169 Å². The van der Waals surface area contributed by atoms with Crippen LogP contribution in [0.1, 0.15) is 24.0 Å². The van der Waals surface area contributed by atoms with Crippen LogP contribution in [0.2, 0.25) is 10.0 Å². The lowest BCUT2D eigenvalue weighted by Gasteiger charge is -2.34. The lowest BCUT2D eigenvalue weighted by molar-refractivity contribution is -0.136. The largest absolute Gasteiger partial charge is 0.341 e. The molecule has 0 saturated carbocycles. The van der Waals surface area contributed by atoms with Gasteiger partial charge in [-0.05, 0) is 37.6 Å². The zero-order valence-corrected chi connectivity index (χ0v) is 16.8. The number of halogens is 3. The van der Waals surface area contributed by atoms with Crippen molar-refractivity contribution in [1.82, 2.24) is 9.80 Å². The zero-order valence-electron chi connectivity index (χ0n) is 15.3. The monoisotopic (exact) mass is 408 g/mol. The van der Waals surface area contributed by atoms with Crippen LogP contribution in [0.25, 0.3) is 0 Å². The van der Waals surface area contributed by atoms with Gasteiger partial charge in [0.25, 0.3) is 0 Å². The van der Waals surface area contributed by atoms with Gasteiger partial charge in [0, 0.05) is 47.9 Å². The van der Waals surface area contributed by atoms with E-state index in [1.54, 1.807) is 30.1 Å². The summed E-state index contributed by atoms with van der Waals surface area (Å²) in [6.07, 6.45) is 1.78. The van der Waals surface area contributed by atoms with Crippen molar-refractivity contribution in [2.24, 2.45) is 5.92 Å². The number of amides is 1. The van der Waals surface area contributed by atoms with Gasteiger partial charge in [0.15, 0.2) is 0 Å². The first-order valence-electron chi connectivity index (χ1n) is 9.09. The number of hydrogen-bond donors (Lipinski definition) is 0. The summed E-state index contributed by atoms with van der Waals surface area (Å²) in [5.74, 6) is -0.333. The Morgan fingerprint density at radius 1 is 1.19 bits per heavy atom. The van der Waals surface area contributed by atoms with Crippen molar-refractivity contribution >= 4 is 29.1 Å².